The Bertz CT molecular complexity index is 774. The van der Waals surface area contributed by atoms with E-state index in [9.17, 15) is 8.78 Å². The van der Waals surface area contributed by atoms with Gasteiger partial charge in [0.15, 0.2) is 17.5 Å². The molecule has 2 aromatic carbocycles. The minimum Gasteiger partial charge on any atom is -0.228 e. The third-order valence-electron chi connectivity index (χ3n) is 2.73. The maximum Gasteiger partial charge on any atom is 0.161 e. The highest BCUT2D eigenvalue weighted by Gasteiger charge is 2.09. The van der Waals surface area contributed by atoms with E-state index in [4.69, 9.17) is 0 Å². The molecule has 0 aliphatic heterocycles. The monoisotopic (exact) mass is 320 g/mol. The van der Waals surface area contributed by atoms with Crippen LogP contribution in [0.15, 0.2) is 47.1 Å². The first-order chi connectivity index (χ1) is 9.15. The van der Waals surface area contributed by atoms with Crippen molar-refractivity contribution < 1.29 is 8.78 Å². The van der Waals surface area contributed by atoms with Gasteiger partial charge < -0.3 is 0 Å². The topological polar surface area (TPSA) is 25.8 Å². The van der Waals surface area contributed by atoms with E-state index in [0.29, 0.717) is 16.0 Å². The summed E-state index contributed by atoms with van der Waals surface area (Å²) in [5, 5.41) is 0.869. The summed E-state index contributed by atoms with van der Waals surface area (Å²) in [6, 6.07) is 11.1. The number of aromatic nitrogens is 2. The first kappa shape index (κ1) is 12.2. The lowest BCUT2D eigenvalue weighted by molar-refractivity contribution is 0.509. The van der Waals surface area contributed by atoms with Crippen LogP contribution in [0.2, 0.25) is 0 Å². The van der Waals surface area contributed by atoms with Gasteiger partial charge in [-0.3, -0.25) is 0 Å². The van der Waals surface area contributed by atoms with E-state index >= 15 is 0 Å². The summed E-state index contributed by atoms with van der Waals surface area (Å²) in [6.45, 7) is 0. The summed E-state index contributed by atoms with van der Waals surface area (Å²) in [6.07, 6.45) is 0. The molecule has 3 rings (SSSR count). The highest BCUT2D eigenvalue weighted by atomic mass is 79.9. The smallest absolute Gasteiger partial charge is 0.161 e. The molecule has 0 atom stereocenters. The lowest BCUT2D eigenvalue weighted by atomic mass is 10.2. The van der Waals surface area contributed by atoms with Crippen molar-refractivity contribution in [1.29, 1.82) is 0 Å². The molecule has 0 amide bonds. The zero-order valence-electron chi connectivity index (χ0n) is 9.57. The molecule has 1 aromatic heterocycles. The molecule has 3 aromatic rings. The number of halogens is 3. The van der Waals surface area contributed by atoms with Gasteiger partial charge in [-0.05, 0) is 40.2 Å². The number of rotatable bonds is 1. The fourth-order valence-corrected chi connectivity index (χ4v) is 2.31. The molecule has 0 N–H and O–H groups in total. The lowest BCUT2D eigenvalue weighted by Gasteiger charge is -2.05. The van der Waals surface area contributed by atoms with Crippen LogP contribution < -0.4 is 0 Å². The zero-order chi connectivity index (χ0) is 13.4. The van der Waals surface area contributed by atoms with Crippen molar-refractivity contribution in [2.24, 2.45) is 0 Å². The summed E-state index contributed by atoms with van der Waals surface area (Å²) in [5.41, 5.74) is 1.18. The van der Waals surface area contributed by atoms with E-state index in [1.807, 2.05) is 24.3 Å². The molecule has 19 heavy (non-hydrogen) atoms. The highest BCUT2D eigenvalue weighted by molar-refractivity contribution is 9.10. The molecular weight excluding hydrogens is 314 g/mol. The van der Waals surface area contributed by atoms with E-state index in [1.165, 1.54) is 6.07 Å². The number of benzene rings is 2. The third kappa shape index (κ3) is 2.21. The first-order valence-electron chi connectivity index (χ1n) is 5.53. The van der Waals surface area contributed by atoms with E-state index in [1.54, 1.807) is 0 Å². The fraction of sp³-hybridized carbons (Fsp3) is 0. The van der Waals surface area contributed by atoms with Gasteiger partial charge in [0.2, 0.25) is 0 Å². The van der Waals surface area contributed by atoms with Crippen molar-refractivity contribution in [3.05, 3.63) is 58.7 Å². The zero-order valence-corrected chi connectivity index (χ0v) is 11.2. The molecule has 0 fully saturated rings. The van der Waals surface area contributed by atoms with Gasteiger partial charge in [-0.1, -0.05) is 18.2 Å². The van der Waals surface area contributed by atoms with Gasteiger partial charge in [-0.15, -0.1) is 0 Å². The Hall–Kier alpha value is -1.88. The Morgan fingerprint density at radius 3 is 2.47 bits per heavy atom. The Labute approximate surface area is 116 Å². The van der Waals surface area contributed by atoms with Crippen LogP contribution in [0.25, 0.3) is 22.3 Å². The molecule has 1 heterocycles. The molecule has 0 aliphatic rings. The Kier molecular flexibility index (Phi) is 2.98. The van der Waals surface area contributed by atoms with Crippen molar-refractivity contribution >= 4 is 26.8 Å². The molecule has 5 heteroatoms. The van der Waals surface area contributed by atoms with Crippen molar-refractivity contribution in [3.8, 4) is 11.4 Å². The number of hydrogen-bond donors (Lipinski definition) is 0. The van der Waals surface area contributed by atoms with E-state index < -0.39 is 11.6 Å². The van der Waals surface area contributed by atoms with Crippen LogP contribution >= 0.6 is 15.9 Å². The molecule has 2 nitrogen and oxygen atoms in total. The quantitative estimate of drug-likeness (QED) is 0.623. The molecule has 0 spiro atoms. The number of nitrogens with zero attached hydrogens (tertiary/aromatic N) is 2. The Morgan fingerprint density at radius 1 is 0.895 bits per heavy atom. The van der Waals surface area contributed by atoms with Gasteiger partial charge >= 0.3 is 0 Å². The summed E-state index contributed by atoms with van der Waals surface area (Å²) in [7, 11) is 0. The fourth-order valence-electron chi connectivity index (χ4n) is 1.80. The van der Waals surface area contributed by atoms with Crippen molar-refractivity contribution in [3.63, 3.8) is 0 Å². The number of fused-ring (bicyclic) bond motifs is 1. The molecule has 0 saturated heterocycles. The van der Waals surface area contributed by atoms with Crippen LogP contribution in [0.5, 0.6) is 0 Å². The lowest BCUT2D eigenvalue weighted by Crippen LogP contribution is -1.93. The van der Waals surface area contributed by atoms with Crippen LogP contribution in [-0.2, 0) is 0 Å². The van der Waals surface area contributed by atoms with Crippen LogP contribution in [0, 0.1) is 11.6 Å². The van der Waals surface area contributed by atoms with Crippen molar-refractivity contribution in [1.82, 2.24) is 9.97 Å². The molecule has 0 bridgehead atoms. The molecule has 0 saturated carbocycles. The maximum absolute atomic E-state index is 13.2. The minimum atomic E-state index is -0.912. The van der Waals surface area contributed by atoms with Crippen LogP contribution in [0.3, 0.4) is 0 Å². The standard InChI is InChI=1S/C14H7BrF2N2/c15-13-9-3-1-2-4-12(9)18-14(19-13)8-5-6-10(16)11(17)7-8/h1-7H. The second-order valence-electron chi connectivity index (χ2n) is 3.98. The molecule has 94 valence electrons. The second-order valence-corrected chi connectivity index (χ2v) is 4.74. The predicted molar refractivity (Wildman–Crippen MR) is 72.6 cm³/mol. The minimum absolute atomic E-state index is 0.351. The average molecular weight is 321 g/mol. The third-order valence-corrected chi connectivity index (χ3v) is 3.34. The van der Waals surface area contributed by atoms with Crippen LogP contribution in [-0.4, -0.2) is 9.97 Å². The van der Waals surface area contributed by atoms with Gasteiger partial charge in [0.1, 0.15) is 4.60 Å². The first-order valence-corrected chi connectivity index (χ1v) is 6.32. The van der Waals surface area contributed by atoms with Gasteiger partial charge in [0.25, 0.3) is 0 Å². The van der Waals surface area contributed by atoms with E-state index in [2.05, 4.69) is 25.9 Å². The maximum atomic E-state index is 13.2. The summed E-state index contributed by atoms with van der Waals surface area (Å²) in [4.78, 5) is 8.61. The van der Waals surface area contributed by atoms with Gasteiger partial charge in [-0.25, -0.2) is 18.7 Å². The van der Waals surface area contributed by atoms with Gasteiger partial charge in [0, 0.05) is 10.9 Å². The van der Waals surface area contributed by atoms with Gasteiger partial charge in [-0.2, -0.15) is 0 Å². The summed E-state index contributed by atoms with van der Waals surface area (Å²) in [5.74, 6) is -1.45. The molecular formula is C14H7BrF2N2. The summed E-state index contributed by atoms with van der Waals surface area (Å²) < 4.78 is 26.8. The van der Waals surface area contributed by atoms with Crippen LogP contribution in [0.1, 0.15) is 0 Å². The van der Waals surface area contributed by atoms with Crippen molar-refractivity contribution in [2.45, 2.75) is 0 Å². The molecule has 0 aliphatic carbocycles. The van der Waals surface area contributed by atoms with Crippen LogP contribution in [0.4, 0.5) is 8.78 Å². The second kappa shape index (κ2) is 4.66. The normalized spacial score (nSPS) is 10.9. The SMILES string of the molecule is Fc1ccc(-c2nc(Br)c3ccccc3n2)cc1F. The number of para-hydroxylation sites is 1. The highest BCUT2D eigenvalue weighted by Crippen LogP contribution is 2.25. The van der Waals surface area contributed by atoms with Crippen molar-refractivity contribution in [2.75, 3.05) is 0 Å². The average Bonchev–Trinajstić information content (AvgIpc) is 2.42. The summed E-state index contributed by atoms with van der Waals surface area (Å²) >= 11 is 3.36. The molecule has 0 radical (unpaired) electrons. The Balaban J connectivity index is 2.22. The number of hydrogen-bond acceptors (Lipinski definition) is 2. The predicted octanol–water partition coefficient (Wildman–Crippen LogP) is 4.34. The van der Waals surface area contributed by atoms with E-state index in [0.717, 1.165) is 23.0 Å². The van der Waals surface area contributed by atoms with E-state index in [-0.39, 0.29) is 0 Å². The van der Waals surface area contributed by atoms with Gasteiger partial charge in [0.05, 0.1) is 5.52 Å². The Morgan fingerprint density at radius 2 is 1.68 bits per heavy atom. The largest absolute Gasteiger partial charge is 0.228 e. The molecule has 0 unspecified atom stereocenters.